The molecule has 0 saturated heterocycles. The number of para-hydroxylation sites is 1. The maximum Gasteiger partial charge on any atom is 0.261 e. The van der Waals surface area contributed by atoms with E-state index in [-0.39, 0.29) is 18.4 Å². The predicted molar refractivity (Wildman–Crippen MR) is 106 cm³/mol. The van der Waals surface area contributed by atoms with Crippen LogP contribution < -0.4 is 15.4 Å². The van der Waals surface area contributed by atoms with Gasteiger partial charge < -0.3 is 10.6 Å². The van der Waals surface area contributed by atoms with Crippen molar-refractivity contribution in [3.05, 3.63) is 50.6 Å². The van der Waals surface area contributed by atoms with E-state index in [1.54, 1.807) is 43.3 Å². The summed E-state index contributed by atoms with van der Waals surface area (Å²) in [5.74, 6) is -0.710. The van der Waals surface area contributed by atoms with Crippen LogP contribution in [0.25, 0.3) is 0 Å². The minimum Gasteiger partial charge on any atom is -0.348 e. The Bertz CT molecular complexity index is 912. The van der Waals surface area contributed by atoms with Gasteiger partial charge >= 0.3 is 0 Å². The van der Waals surface area contributed by atoms with Crippen LogP contribution in [0.3, 0.4) is 0 Å². The molecule has 1 heterocycles. The van der Waals surface area contributed by atoms with Crippen LogP contribution in [-0.4, -0.2) is 33.0 Å². The summed E-state index contributed by atoms with van der Waals surface area (Å²) in [5.41, 5.74) is 1.02. The molecule has 0 fully saturated rings. The van der Waals surface area contributed by atoms with E-state index in [4.69, 9.17) is 0 Å². The molecular formula is C16H18BrN3O4S2. The highest BCUT2D eigenvalue weighted by Gasteiger charge is 2.16. The van der Waals surface area contributed by atoms with E-state index in [0.29, 0.717) is 16.1 Å². The van der Waals surface area contributed by atoms with Gasteiger partial charge in [-0.05, 0) is 46.6 Å². The lowest BCUT2D eigenvalue weighted by Gasteiger charge is -2.18. The molecule has 2 amide bonds. The molecule has 1 atom stereocenters. The van der Waals surface area contributed by atoms with Crippen molar-refractivity contribution in [3.63, 3.8) is 0 Å². The predicted octanol–water partition coefficient (Wildman–Crippen LogP) is 2.49. The largest absolute Gasteiger partial charge is 0.348 e. The summed E-state index contributed by atoms with van der Waals surface area (Å²) in [6.07, 6.45) is 1.06. The number of halogens is 1. The Morgan fingerprint density at radius 3 is 2.50 bits per heavy atom. The Kier molecular flexibility index (Phi) is 6.79. The summed E-state index contributed by atoms with van der Waals surface area (Å²) in [7, 11) is -3.43. The molecule has 0 aliphatic carbocycles. The second-order valence-corrected chi connectivity index (χ2v) is 9.75. The first kappa shape index (κ1) is 20.4. The van der Waals surface area contributed by atoms with Crippen LogP contribution in [0.4, 0.5) is 5.69 Å². The fourth-order valence-corrected chi connectivity index (χ4v) is 4.11. The molecule has 26 heavy (non-hydrogen) atoms. The molecule has 2 rings (SSSR count). The molecular weight excluding hydrogens is 442 g/mol. The normalized spacial score (nSPS) is 12.3. The fourth-order valence-electron chi connectivity index (χ4n) is 2.22. The van der Waals surface area contributed by atoms with Gasteiger partial charge in [0.2, 0.25) is 15.9 Å². The average molecular weight is 460 g/mol. The molecule has 0 aliphatic heterocycles. The second kappa shape index (κ2) is 8.65. The summed E-state index contributed by atoms with van der Waals surface area (Å²) < 4.78 is 26.2. The first-order chi connectivity index (χ1) is 12.2. The number of thiophene rings is 1. The molecule has 1 aromatic heterocycles. The number of sulfonamides is 1. The molecule has 0 radical (unpaired) electrons. The third-order valence-electron chi connectivity index (χ3n) is 3.31. The van der Waals surface area contributed by atoms with Crippen molar-refractivity contribution in [2.45, 2.75) is 13.0 Å². The number of hydrogen-bond acceptors (Lipinski definition) is 5. The van der Waals surface area contributed by atoms with Crippen LogP contribution in [0, 0.1) is 0 Å². The van der Waals surface area contributed by atoms with Crippen LogP contribution in [0.2, 0.25) is 0 Å². The third-order valence-corrected chi connectivity index (χ3v) is 5.52. The van der Waals surface area contributed by atoms with Crippen LogP contribution in [0.1, 0.15) is 28.2 Å². The topological polar surface area (TPSA) is 104 Å². The minimum absolute atomic E-state index is 0.180. The third kappa shape index (κ3) is 6.11. The van der Waals surface area contributed by atoms with Crippen molar-refractivity contribution >= 4 is 54.8 Å². The molecule has 3 N–H and O–H groups in total. The quantitative estimate of drug-likeness (QED) is 0.591. The number of amides is 2. The van der Waals surface area contributed by atoms with E-state index in [1.807, 2.05) is 0 Å². The molecule has 140 valence electrons. The highest BCUT2D eigenvalue weighted by Crippen LogP contribution is 2.23. The lowest BCUT2D eigenvalue weighted by atomic mass is 10.1. The molecule has 0 spiro atoms. The van der Waals surface area contributed by atoms with E-state index in [2.05, 4.69) is 31.3 Å². The lowest BCUT2D eigenvalue weighted by Crippen LogP contribution is -2.38. The van der Waals surface area contributed by atoms with E-state index >= 15 is 0 Å². The van der Waals surface area contributed by atoms with E-state index in [1.165, 1.54) is 11.3 Å². The van der Waals surface area contributed by atoms with E-state index in [9.17, 15) is 18.0 Å². The number of rotatable bonds is 7. The van der Waals surface area contributed by atoms with Gasteiger partial charge in [-0.25, -0.2) is 8.42 Å². The molecule has 0 saturated carbocycles. The van der Waals surface area contributed by atoms with Gasteiger partial charge in [0.05, 0.1) is 33.2 Å². The Balaban J connectivity index is 1.96. The standard InChI is InChI=1S/C16H18BrN3O4S2/c1-10(11-5-3-4-6-12(11)20-26(2,23)24)19-15(21)9-18-16(22)13-7-8-14(17)25-13/h3-8,10,20H,9H2,1-2H3,(H,18,22)(H,19,21). The SMILES string of the molecule is CC(NC(=O)CNC(=O)c1ccc(Br)s1)c1ccccc1NS(C)(=O)=O. The van der Waals surface area contributed by atoms with Crippen molar-refractivity contribution < 1.29 is 18.0 Å². The number of benzene rings is 1. The molecule has 10 heteroatoms. The maximum absolute atomic E-state index is 12.1. The Morgan fingerprint density at radius 2 is 1.88 bits per heavy atom. The number of hydrogen-bond donors (Lipinski definition) is 3. The highest BCUT2D eigenvalue weighted by molar-refractivity contribution is 9.11. The number of nitrogens with one attached hydrogen (secondary N) is 3. The van der Waals surface area contributed by atoms with Crippen LogP contribution >= 0.6 is 27.3 Å². The van der Waals surface area contributed by atoms with Gasteiger partial charge in [-0.2, -0.15) is 0 Å². The molecule has 1 unspecified atom stereocenters. The van der Waals surface area contributed by atoms with Gasteiger partial charge in [-0.1, -0.05) is 18.2 Å². The van der Waals surface area contributed by atoms with Crippen molar-refractivity contribution in [1.29, 1.82) is 0 Å². The number of carbonyl (C=O) groups excluding carboxylic acids is 2. The molecule has 7 nitrogen and oxygen atoms in total. The maximum atomic E-state index is 12.1. The van der Waals surface area contributed by atoms with E-state index < -0.39 is 16.1 Å². The zero-order valence-corrected chi connectivity index (χ0v) is 17.3. The zero-order chi connectivity index (χ0) is 19.3. The average Bonchev–Trinajstić information content (AvgIpc) is 2.98. The highest BCUT2D eigenvalue weighted by atomic mass is 79.9. The fraction of sp³-hybridized carbons (Fsp3) is 0.250. The van der Waals surface area contributed by atoms with E-state index in [0.717, 1.165) is 10.0 Å². The van der Waals surface area contributed by atoms with Gasteiger partial charge in [0, 0.05) is 0 Å². The summed E-state index contributed by atoms with van der Waals surface area (Å²) in [6.45, 7) is 1.55. The van der Waals surface area contributed by atoms with Gasteiger partial charge in [0.25, 0.3) is 5.91 Å². The number of carbonyl (C=O) groups is 2. The molecule has 1 aromatic carbocycles. The van der Waals surface area contributed by atoms with Crippen molar-refractivity contribution in [1.82, 2.24) is 10.6 Å². The van der Waals surface area contributed by atoms with Gasteiger partial charge in [-0.15, -0.1) is 11.3 Å². The summed E-state index contributed by atoms with van der Waals surface area (Å²) >= 11 is 4.55. The van der Waals surface area contributed by atoms with Crippen LogP contribution in [0.5, 0.6) is 0 Å². The Hall–Kier alpha value is -1.91. The first-order valence-electron chi connectivity index (χ1n) is 7.55. The Labute approximate surface area is 164 Å². The molecule has 0 aliphatic rings. The van der Waals surface area contributed by atoms with Crippen molar-refractivity contribution in [2.75, 3.05) is 17.5 Å². The van der Waals surface area contributed by atoms with Gasteiger partial charge in [-0.3, -0.25) is 14.3 Å². The second-order valence-electron chi connectivity index (χ2n) is 5.54. The lowest BCUT2D eigenvalue weighted by molar-refractivity contribution is -0.120. The summed E-state index contributed by atoms with van der Waals surface area (Å²) in [6, 6.07) is 9.77. The first-order valence-corrected chi connectivity index (χ1v) is 11.1. The summed E-state index contributed by atoms with van der Waals surface area (Å²) in [4.78, 5) is 24.5. The van der Waals surface area contributed by atoms with Crippen molar-refractivity contribution in [2.24, 2.45) is 0 Å². The molecule has 0 bridgehead atoms. The van der Waals surface area contributed by atoms with Gasteiger partial charge in [0.1, 0.15) is 0 Å². The number of anilines is 1. The molecule has 2 aromatic rings. The van der Waals surface area contributed by atoms with Crippen LogP contribution in [-0.2, 0) is 14.8 Å². The van der Waals surface area contributed by atoms with Gasteiger partial charge in [0.15, 0.2) is 0 Å². The monoisotopic (exact) mass is 459 g/mol. The van der Waals surface area contributed by atoms with Crippen molar-refractivity contribution in [3.8, 4) is 0 Å². The zero-order valence-electron chi connectivity index (χ0n) is 14.1. The Morgan fingerprint density at radius 1 is 1.19 bits per heavy atom. The minimum atomic E-state index is -3.43. The summed E-state index contributed by atoms with van der Waals surface area (Å²) in [5, 5.41) is 5.29. The van der Waals surface area contributed by atoms with Crippen LogP contribution in [0.15, 0.2) is 40.2 Å². The smallest absolute Gasteiger partial charge is 0.261 e.